The van der Waals surface area contributed by atoms with Crippen molar-refractivity contribution in [3.63, 3.8) is 0 Å². The number of nitrogens with one attached hydrogen (secondary N) is 1. The fourth-order valence-electron chi connectivity index (χ4n) is 1.70. The third kappa shape index (κ3) is 2.45. The van der Waals surface area contributed by atoms with Crippen LogP contribution in [0.2, 0.25) is 0 Å². The summed E-state index contributed by atoms with van der Waals surface area (Å²) in [6, 6.07) is 3.20. The molecule has 0 saturated carbocycles. The highest BCUT2D eigenvalue weighted by molar-refractivity contribution is 7.99. The number of nitrogens with two attached hydrogens (primary N) is 2. The van der Waals surface area contributed by atoms with Crippen molar-refractivity contribution < 1.29 is 0 Å². The standard InChI is InChI=1S/C11H10N6OS2/c1-4-2-5-8(19-4)16-10(13)17-9(5)20-11-14-6(12)3-7(18)15-11/h2-3H,1H3,(H2,13,16,17)(H3,12,14,15,18). The second-order valence-corrected chi connectivity index (χ2v) is 6.25. The first-order valence-corrected chi connectivity index (χ1v) is 7.23. The molecule has 3 heterocycles. The molecule has 0 bridgehead atoms. The van der Waals surface area contributed by atoms with Gasteiger partial charge in [-0.05, 0) is 24.8 Å². The van der Waals surface area contributed by atoms with E-state index in [0.717, 1.165) is 15.1 Å². The quantitative estimate of drug-likeness (QED) is 0.483. The van der Waals surface area contributed by atoms with Crippen molar-refractivity contribution in [2.24, 2.45) is 0 Å². The number of anilines is 2. The molecule has 102 valence electrons. The van der Waals surface area contributed by atoms with Gasteiger partial charge in [0.2, 0.25) is 5.95 Å². The fourth-order valence-corrected chi connectivity index (χ4v) is 3.54. The molecule has 7 nitrogen and oxygen atoms in total. The van der Waals surface area contributed by atoms with Crippen molar-refractivity contribution in [2.75, 3.05) is 11.5 Å². The SMILES string of the molecule is Cc1cc2c(Sc3nc(N)cc(=O)[nH]3)nc(N)nc2s1. The zero-order valence-electron chi connectivity index (χ0n) is 10.4. The molecular weight excluding hydrogens is 296 g/mol. The third-order valence-corrected chi connectivity index (χ3v) is 4.27. The maximum Gasteiger partial charge on any atom is 0.253 e. The number of H-pyrrole nitrogens is 1. The van der Waals surface area contributed by atoms with Gasteiger partial charge in [-0.25, -0.2) is 15.0 Å². The van der Waals surface area contributed by atoms with Gasteiger partial charge in [0, 0.05) is 16.3 Å². The Morgan fingerprint density at radius 1 is 1.25 bits per heavy atom. The Balaban J connectivity index is 2.12. The summed E-state index contributed by atoms with van der Waals surface area (Å²) in [7, 11) is 0. The first-order chi connectivity index (χ1) is 9.51. The summed E-state index contributed by atoms with van der Waals surface area (Å²) in [5, 5.41) is 1.90. The van der Waals surface area contributed by atoms with Gasteiger partial charge in [-0.3, -0.25) is 4.79 Å². The fraction of sp³-hybridized carbons (Fsp3) is 0.0909. The van der Waals surface area contributed by atoms with Crippen LogP contribution in [0.5, 0.6) is 0 Å². The number of hydrogen-bond acceptors (Lipinski definition) is 8. The van der Waals surface area contributed by atoms with Crippen LogP contribution in [0.1, 0.15) is 4.88 Å². The Kier molecular flexibility index (Phi) is 3.07. The molecule has 0 aliphatic rings. The van der Waals surface area contributed by atoms with E-state index >= 15 is 0 Å². The highest BCUT2D eigenvalue weighted by Crippen LogP contribution is 2.33. The summed E-state index contributed by atoms with van der Waals surface area (Å²) < 4.78 is 0. The summed E-state index contributed by atoms with van der Waals surface area (Å²) in [4.78, 5) is 28.4. The molecule has 0 saturated heterocycles. The minimum absolute atomic E-state index is 0.163. The molecule has 0 radical (unpaired) electrons. The van der Waals surface area contributed by atoms with Crippen LogP contribution in [0.4, 0.5) is 11.8 Å². The molecule has 0 aliphatic carbocycles. The Morgan fingerprint density at radius 3 is 2.80 bits per heavy atom. The molecule has 5 N–H and O–H groups in total. The molecule has 0 aromatic carbocycles. The number of fused-ring (bicyclic) bond motifs is 1. The molecule has 0 atom stereocenters. The molecule has 0 fully saturated rings. The van der Waals surface area contributed by atoms with Gasteiger partial charge >= 0.3 is 0 Å². The van der Waals surface area contributed by atoms with Crippen molar-refractivity contribution in [3.8, 4) is 0 Å². The normalized spacial score (nSPS) is 11.1. The lowest BCUT2D eigenvalue weighted by molar-refractivity contribution is 0.941. The van der Waals surface area contributed by atoms with Gasteiger partial charge in [-0.2, -0.15) is 0 Å². The smallest absolute Gasteiger partial charge is 0.253 e. The zero-order chi connectivity index (χ0) is 14.3. The second kappa shape index (κ2) is 4.76. The number of aryl methyl sites for hydroxylation is 1. The monoisotopic (exact) mass is 306 g/mol. The summed E-state index contributed by atoms with van der Waals surface area (Å²) in [6.07, 6.45) is 0. The largest absolute Gasteiger partial charge is 0.383 e. The van der Waals surface area contributed by atoms with Crippen LogP contribution in [-0.4, -0.2) is 19.9 Å². The van der Waals surface area contributed by atoms with Crippen molar-refractivity contribution in [3.05, 3.63) is 27.4 Å². The van der Waals surface area contributed by atoms with E-state index < -0.39 is 0 Å². The predicted octanol–water partition coefficient (Wildman–Crippen LogP) is 1.40. The summed E-state index contributed by atoms with van der Waals surface area (Å²) in [5.74, 6) is 0.351. The molecule has 0 unspecified atom stereocenters. The average Bonchev–Trinajstić information content (AvgIpc) is 2.68. The molecule has 3 aromatic heterocycles. The van der Waals surface area contributed by atoms with Gasteiger partial charge in [0.25, 0.3) is 5.56 Å². The molecule has 0 spiro atoms. The van der Waals surface area contributed by atoms with Crippen LogP contribution in [-0.2, 0) is 0 Å². The molecular formula is C11H10N6OS2. The number of hydrogen-bond donors (Lipinski definition) is 3. The predicted molar refractivity (Wildman–Crippen MR) is 80.0 cm³/mol. The highest BCUT2D eigenvalue weighted by Gasteiger charge is 2.12. The first kappa shape index (κ1) is 12.9. The second-order valence-electron chi connectivity index (χ2n) is 4.04. The lowest BCUT2D eigenvalue weighted by atomic mass is 10.4. The van der Waals surface area contributed by atoms with Gasteiger partial charge in [0.05, 0.1) is 0 Å². The van der Waals surface area contributed by atoms with Crippen LogP contribution in [0.25, 0.3) is 10.2 Å². The Morgan fingerprint density at radius 2 is 2.05 bits per heavy atom. The van der Waals surface area contributed by atoms with Crippen LogP contribution >= 0.6 is 23.1 Å². The number of nitrogen functional groups attached to an aromatic ring is 2. The van der Waals surface area contributed by atoms with E-state index in [4.69, 9.17) is 11.5 Å². The molecule has 20 heavy (non-hydrogen) atoms. The first-order valence-electron chi connectivity index (χ1n) is 5.59. The molecule has 0 amide bonds. The van der Waals surface area contributed by atoms with Crippen LogP contribution in [0.3, 0.4) is 0 Å². The zero-order valence-corrected chi connectivity index (χ0v) is 12.0. The third-order valence-electron chi connectivity index (χ3n) is 2.43. The Labute approximate surface area is 121 Å². The van der Waals surface area contributed by atoms with E-state index in [1.54, 1.807) is 0 Å². The summed E-state index contributed by atoms with van der Waals surface area (Å²) >= 11 is 2.74. The van der Waals surface area contributed by atoms with Crippen LogP contribution < -0.4 is 17.0 Å². The summed E-state index contributed by atoms with van der Waals surface area (Å²) in [6.45, 7) is 1.98. The lowest BCUT2D eigenvalue weighted by Gasteiger charge is -2.03. The number of rotatable bonds is 2. The van der Waals surface area contributed by atoms with Crippen LogP contribution in [0.15, 0.2) is 27.1 Å². The van der Waals surface area contributed by atoms with Crippen molar-refractivity contribution in [2.45, 2.75) is 17.1 Å². The maximum atomic E-state index is 11.4. The number of nitrogens with zero attached hydrogens (tertiary/aromatic N) is 3. The number of thiophene rings is 1. The minimum atomic E-state index is -0.306. The van der Waals surface area contributed by atoms with Crippen LogP contribution in [0, 0.1) is 6.92 Å². The minimum Gasteiger partial charge on any atom is -0.383 e. The number of aromatic amines is 1. The van der Waals surface area contributed by atoms with E-state index in [-0.39, 0.29) is 17.3 Å². The maximum absolute atomic E-state index is 11.4. The molecule has 3 aromatic rings. The van der Waals surface area contributed by atoms with E-state index in [1.807, 2.05) is 13.0 Å². The van der Waals surface area contributed by atoms with E-state index in [1.165, 1.54) is 29.2 Å². The van der Waals surface area contributed by atoms with E-state index in [9.17, 15) is 4.79 Å². The lowest BCUT2D eigenvalue weighted by Crippen LogP contribution is -2.09. The van der Waals surface area contributed by atoms with E-state index in [0.29, 0.717) is 10.2 Å². The van der Waals surface area contributed by atoms with Crippen molar-refractivity contribution >= 4 is 45.1 Å². The van der Waals surface area contributed by atoms with Crippen molar-refractivity contribution in [1.29, 1.82) is 0 Å². The van der Waals surface area contributed by atoms with Gasteiger partial charge in [-0.15, -0.1) is 11.3 Å². The van der Waals surface area contributed by atoms with Gasteiger partial charge < -0.3 is 16.5 Å². The summed E-state index contributed by atoms with van der Waals surface area (Å²) in [5.41, 5.74) is 11.0. The van der Waals surface area contributed by atoms with E-state index in [2.05, 4.69) is 19.9 Å². The Bertz CT molecular complexity index is 856. The van der Waals surface area contributed by atoms with Crippen molar-refractivity contribution in [1.82, 2.24) is 19.9 Å². The molecule has 3 rings (SSSR count). The topological polar surface area (TPSA) is 124 Å². The molecule has 0 aliphatic heterocycles. The Hall–Kier alpha value is -2.13. The van der Waals surface area contributed by atoms with Gasteiger partial charge in [0.1, 0.15) is 15.7 Å². The number of aromatic nitrogens is 4. The van der Waals surface area contributed by atoms with Gasteiger partial charge in [-0.1, -0.05) is 0 Å². The highest BCUT2D eigenvalue weighted by atomic mass is 32.2. The molecule has 9 heteroatoms. The average molecular weight is 306 g/mol. The van der Waals surface area contributed by atoms with Gasteiger partial charge in [0.15, 0.2) is 5.16 Å².